The number of thiazole rings is 1. The highest BCUT2D eigenvalue weighted by Gasteiger charge is 2.33. The van der Waals surface area contributed by atoms with Gasteiger partial charge in [-0.15, -0.1) is 11.3 Å². The Morgan fingerprint density at radius 1 is 1.13 bits per heavy atom. The number of guanidine groups is 1. The van der Waals surface area contributed by atoms with Crippen LogP contribution in [-0.4, -0.2) is 62.2 Å². The van der Waals surface area contributed by atoms with Gasteiger partial charge in [-0.25, -0.2) is 4.98 Å². The number of aromatic nitrogens is 1. The highest BCUT2D eigenvalue weighted by atomic mass is 32.1. The predicted octanol–water partition coefficient (Wildman–Crippen LogP) is 3.04. The Balaban J connectivity index is 1.31. The first kappa shape index (κ1) is 22.4. The fraction of sp³-hybridized carbons (Fsp3) is 0.500. The average molecular weight is 441 g/mol. The molecule has 1 aliphatic rings. The molecule has 1 fully saturated rings. The molecule has 0 radical (unpaired) electrons. The van der Waals surface area contributed by atoms with Gasteiger partial charge in [0.1, 0.15) is 5.01 Å². The van der Waals surface area contributed by atoms with Gasteiger partial charge < -0.3 is 15.5 Å². The van der Waals surface area contributed by atoms with Gasteiger partial charge in [0.05, 0.1) is 6.54 Å². The second-order valence-electron chi connectivity index (χ2n) is 6.99. The van der Waals surface area contributed by atoms with Crippen molar-refractivity contribution in [2.75, 3.05) is 51.2 Å². The van der Waals surface area contributed by atoms with Crippen LogP contribution in [-0.2, 0) is 12.7 Å². The maximum absolute atomic E-state index is 12.6. The van der Waals surface area contributed by atoms with Gasteiger partial charge in [-0.2, -0.15) is 13.2 Å². The number of anilines is 1. The summed E-state index contributed by atoms with van der Waals surface area (Å²) < 4.78 is 37.8. The maximum atomic E-state index is 12.6. The van der Waals surface area contributed by atoms with E-state index >= 15 is 0 Å². The number of halogens is 3. The molecule has 2 N–H and O–H groups in total. The van der Waals surface area contributed by atoms with E-state index in [-0.39, 0.29) is 6.54 Å². The molecule has 0 spiro atoms. The van der Waals surface area contributed by atoms with Gasteiger partial charge in [-0.05, 0) is 25.1 Å². The molecule has 0 amide bonds. The summed E-state index contributed by atoms with van der Waals surface area (Å²) in [6.45, 7) is 6.06. The van der Waals surface area contributed by atoms with Crippen LogP contribution in [0.15, 0.2) is 40.7 Å². The lowest BCUT2D eigenvalue weighted by molar-refractivity contribution is -0.140. The van der Waals surface area contributed by atoms with Crippen molar-refractivity contribution in [2.45, 2.75) is 19.1 Å². The van der Waals surface area contributed by atoms with Crippen LogP contribution in [0.3, 0.4) is 0 Å². The summed E-state index contributed by atoms with van der Waals surface area (Å²) in [4.78, 5) is 12.6. The number of benzene rings is 1. The second-order valence-corrected chi connectivity index (χ2v) is 7.94. The molecule has 1 aromatic heterocycles. The topological polar surface area (TPSA) is 55.8 Å². The summed E-state index contributed by atoms with van der Waals surface area (Å²) in [5.74, 6) is 0.563. The third-order valence-electron chi connectivity index (χ3n) is 4.91. The van der Waals surface area contributed by atoms with Crippen molar-refractivity contribution in [2.24, 2.45) is 4.99 Å². The van der Waals surface area contributed by atoms with Gasteiger partial charge in [0, 0.05) is 50.8 Å². The van der Waals surface area contributed by atoms with E-state index in [0.29, 0.717) is 11.0 Å². The van der Waals surface area contributed by atoms with E-state index in [1.54, 1.807) is 7.05 Å². The number of nitrogens with zero attached hydrogens (tertiary/aromatic N) is 4. The first-order valence-corrected chi connectivity index (χ1v) is 10.8. The predicted molar refractivity (Wildman–Crippen MR) is 115 cm³/mol. The summed E-state index contributed by atoms with van der Waals surface area (Å²) in [7, 11) is 1.64. The standard InChI is InChI=1S/C20H27F3N6S/c1-24-19(26-14-18-27-17(15-30-18)20(21,22)23)25-8-5-9-28-10-12-29(13-11-28)16-6-3-2-4-7-16/h2-4,6-7,15H,5,8-14H2,1H3,(H2,24,25,26). The van der Waals surface area contributed by atoms with Gasteiger partial charge in [0.25, 0.3) is 0 Å². The van der Waals surface area contributed by atoms with Crippen molar-refractivity contribution in [1.82, 2.24) is 20.5 Å². The summed E-state index contributed by atoms with van der Waals surface area (Å²) in [5, 5.41) is 7.63. The van der Waals surface area contributed by atoms with E-state index in [9.17, 15) is 13.2 Å². The van der Waals surface area contributed by atoms with Gasteiger partial charge in [0.2, 0.25) is 0 Å². The van der Waals surface area contributed by atoms with E-state index in [1.807, 2.05) is 6.07 Å². The molecule has 3 rings (SSSR count). The maximum Gasteiger partial charge on any atom is 0.434 e. The Morgan fingerprint density at radius 3 is 2.50 bits per heavy atom. The van der Waals surface area contributed by atoms with Crippen LogP contribution >= 0.6 is 11.3 Å². The zero-order chi connectivity index (χ0) is 21.4. The van der Waals surface area contributed by atoms with Gasteiger partial charge in [0.15, 0.2) is 11.7 Å². The molecule has 1 saturated heterocycles. The lowest BCUT2D eigenvalue weighted by Crippen LogP contribution is -2.47. The van der Waals surface area contributed by atoms with Crippen LogP contribution in [0.4, 0.5) is 18.9 Å². The molecular formula is C20H27F3N6S. The monoisotopic (exact) mass is 440 g/mol. The summed E-state index contributed by atoms with van der Waals surface area (Å²) >= 11 is 0.987. The largest absolute Gasteiger partial charge is 0.434 e. The molecule has 0 unspecified atom stereocenters. The van der Waals surface area contributed by atoms with Crippen molar-refractivity contribution in [3.63, 3.8) is 0 Å². The lowest BCUT2D eigenvalue weighted by Gasteiger charge is -2.36. The van der Waals surface area contributed by atoms with Gasteiger partial charge in [-0.1, -0.05) is 18.2 Å². The van der Waals surface area contributed by atoms with Gasteiger partial charge in [-0.3, -0.25) is 9.89 Å². The Morgan fingerprint density at radius 2 is 1.87 bits per heavy atom. The van der Waals surface area contributed by atoms with E-state index in [0.717, 1.165) is 62.4 Å². The second kappa shape index (κ2) is 10.6. The molecule has 6 nitrogen and oxygen atoms in total. The minimum absolute atomic E-state index is 0.210. The Hall–Kier alpha value is -2.33. The fourth-order valence-corrected chi connectivity index (χ4v) is 4.02. The van der Waals surface area contributed by atoms with E-state index in [1.165, 1.54) is 5.69 Å². The lowest BCUT2D eigenvalue weighted by atomic mass is 10.2. The highest BCUT2D eigenvalue weighted by molar-refractivity contribution is 7.09. The minimum Gasteiger partial charge on any atom is -0.369 e. The van der Waals surface area contributed by atoms with E-state index in [2.05, 4.69) is 54.7 Å². The van der Waals surface area contributed by atoms with Crippen molar-refractivity contribution in [3.05, 3.63) is 46.4 Å². The molecule has 1 aliphatic heterocycles. The number of para-hydroxylation sites is 1. The van der Waals surface area contributed by atoms with Crippen LogP contribution in [0.5, 0.6) is 0 Å². The molecule has 2 aromatic rings. The van der Waals surface area contributed by atoms with Crippen molar-refractivity contribution in [3.8, 4) is 0 Å². The average Bonchev–Trinajstić information content (AvgIpc) is 3.24. The molecule has 0 atom stereocenters. The number of hydrogen-bond donors (Lipinski definition) is 2. The quantitative estimate of drug-likeness (QED) is 0.394. The Bertz CT molecular complexity index is 800. The molecule has 10 heteroatoms. The summed E-state index contributed by atoms with van der Waals surface area (Å²) in [6.07, 6.45) is -3.44. The zero-order valence-electron chi connectivity index (χ0n) is 17.0. The Labute approximate surface area is 178 Å². The van der Waals surface area contributed by atoms with Crippen LogP contribution in [0.2, 0.25) is 0 Å². The summed E-state index contributed by atoms with van der Waals surface area (Å²) in [5.41, 5.74) is 0.427. The molecule has 0 aliphatic carbocycles. The number of rotatable bonds is 7. The third kappa shape index (κ3) is 6.60. The highest BCUT2D eigenvalue weighted by Crippen LogP contribution is 2.29. The molecule has 0 saturated carbocycles. The van der Waals surface area contributed by atoms with Crippen LogP contribution in [0.25, 0.3) is 0 Å². The van der Waals surface area contributed by atoms with Crippen LogP contribution in [0, 0.1) is 0 Å². The van der Waals surface area contributed by atoms with Gasteiger partial charge >= 0.3 is 6.18 Å². The van der Waals surface area contributed by atoms with Crippen LogP contribution < -0.4 is 15.5 Å². The summed E-state index contributed by atoms with van der Waals surface area (Å²) in [6, 6.07) is 10.5. The van der Waals surface area contributed by atoms with Crippen molar-refractivity contribution >= 4 is 23.0 Å². The van der Waals surface area contributed by atoms with Crippen LogP contribution in [0.1, 0.15) is 17.1 Å². The SMILES string of the molecule is CN=C(NCCCN1CCN(c2ccccc2)CC1)NCc1nc(C(F)(F)F)cs1. The van der Waals surface area contributed by atoms with Crippen molar-refractivity contribution in [1.29, 1.82) is 0 Å². The Kier molecular flexibility index (Phi) is 7.92. The van der Waals surface area contributed by atoms with E-state index < -0.39 is 11.9 Å². The number of aliphatic imine (C=N–C) groups is 1. The third-order valence-corrected chi connectivity index (χ3v) is 5.76. The molecular weight excluding hydrogens is 413 g/mol. The number of hydrogen-bond acceptors (Lipinski definition) is 5. The zero-order valence-corrected chi connectivity index (χ0v) is 17.8. The molecule has 164 valence electrons. The first-order valence-electron chi connectivity index (χ1n) is 9.94. The number of alkyl halides is 3. The fourth-order valence-electron chi connectivity index (χ4n) is 3.28. The molecule has 30 heavy (non-hydrogen) atoms. The van der Waals surface area contributed by atoms with E-state index in [4.69, 9.17) is 0 Å². The molecule has 1 aromatic carbocycles. The molecule has 2 heterocycles. The normalized spacial score (nSPS) is 16.0. The van der Waals surface area contributed by atoms with Crippen molar-refractivity contribution < 1.29 is 13.2 Å². The number of piperazine rings is 1. The first-order chi connectivity index (χ1) is 14.5. The molecule has 0 bridgehead atoms. The number of nitrogens with one attached hydrogen (secondary N) is 2. The minimum atomic E-state index is -4.40. The smallest absolute Gasteiger partial charge is 0.369 e.